The molecule has 1 fully saturated rings. The van der Waals surface area contributed by atoms with Gasteiger partial charge in [-0.2, -0.15) is 0 Å². The van der Waals surface area contributed by atoms with Crippen LogP contribution in [0.2, 0.25) is 0 Å². The summed E-state index contributed by atoms with van der Waals surface area (Å²) in [5.41, 5.74) is 6.29. The molecule has 0 aromatic rings. The molecule has 0 aromatic carbocycles. The molecule has 0 spiro atoms. The third kappa shape index (κ3) is 11.6. The minimum absolute atomic E-state index is 0.00427. The maximum absolute atomic E-state index is 14.1. The molecule has 14 nitrogen and oxygen atoms in total. The molecule has 50 heavy (non-hydrogen) atoms. The molecule has 14 heteroatoms. The number of nitrogens with zero attached hydrogens (tertiary/aromatic N) is 3. The fraction of sp³-hybridized carbons (Fsp3) is 0.861. The molecule has 0 bridgehead atoms. The molecule has 0 aromatic heterocycles. The molecule has 0 unspecified atom stereocenters. The summed E-state index contributed by atoms with van der Waals surface area (Å²) in [4.78, 5) is 72.3. The number of carbonyl (C=O) groups is 5. The molecular formula is C36H68N6O8. The highest BCUT2D eigenvalue weighted by molar-refractivity contribution is 5.90. The van der Waals surface area contributed by atoms with E-state index in [-0.39, 0.29) is 53.8 Å². The number of likely N-dealkylation sites (N-methyl/N-ethyl adjacent to an activating group) is 2. The molecule has 290 valence electrons. The summed E-state index contributed by atoms with van der Waals surface area (Å²) in [6.45, 7) is 15.4. The Bertz CT molecular complexity index is 1110. The molecular weight excluding hydrogens is 644 g/mol. The van der Waals surface area contributed by atoms with Crippen LogP contribution in [0.4, 0.5) is 0 Å². The molecule has 0 saturated carbocycles. The van der Waals surface area contributed by atoms with Crippen molar-refractivity contribution in [1.82, 2.24) is 25.3 Å². The van der Waals surface area contributed by atoms with Gasteiger partial charge >= 0.3 is 5.97 Å². The van der Waals surface area contributed by atoms with Gasteiger partial charge in [0.05, 0.1) is 49.8 Å². The van der Waals surface area contributed by atoms with Crippen molar-refractivity contribution < 1.29 is 38.2 Å². The Kier molecular flexibility index (Phi) is 18.9. The molecule has 10 atom stereocenters. The van der Waals surface area contributed by atoms with Crippen LogP contribution in [0.15, 0.2) is 0 Å². The fourth-order valence-corrected chi connectivity index (χ4v) is 7.23. The van der Waals surface area contributed by atoms with E-state index in [4.69, 9.17) is 19.9 Å². The third-order valence-electron chi connectivity index (χ3n) is 10.2. The number of hydrogen-bond acceptors (Lipinski definition) is 10. The second-order valence-corrected chi connectivity index (χ2v) is 14.8. The van der Waals surface area contributed by atoms with Crippen LogP contribution in [0.5, 0.6) is 0 Å². The van der Waals surface area contributed by atoms with Crippen LogP contribution in [0, 0.1) is 23.7 Å². The van der Waals surface area contributed by atoms with Crippen molar-refractivity contribution in [3.8, 4) is 0 Å². The van der Waals surface area contributed by atoms with E-state index in [1.54, 1.807) is 30.7 Å². The first-order chi connectivity index (χ1) is 23.3. The van der Waals surface area contributed by atoms with E-state index < -0.39 is 54.3 Å². The minimum Gasteiger partial charge on any atom is -0.467 e. The van der Waals surface area contributed by atoms with Crippen LogP contribution in [-0.4, -0.2) is 142 Å². The average molecular weight is 713 g/mol. The van der Waals surface area contributed by atoms with Crippen molar-refractivity contribution in [2.45, 2.75) is 130 Å². The predicted molar refractivity (Wildman–Crippen MR) is 193 cm³/mol. The number of esters is 1. The average Bonchev–Trinajstić information content (AvgIpc) is 3.53. The molecule has 1 saturated heterocycles. The molecule has 0 radical (unpaired) electrons. The summed E-state index contributed by atoms with van der Waals surface area (Å²) in [5, 5.41) is 5.70. The topological polar surface area (TPSA) is 173 Å². The van der Waals surface area contributed by atoms with Gasteiger partial charge in [0.2, 0.25) is 23.6 Å². The van der Waals surface area contributed by atoms with E-state index in [0.29, 0.717) is 19.4 Å². The van der Waals surface area contributed by atoms with Gasteiger partial charge < -0.3 is 40.4 Å². The molecule has 0 aliphatic carbocycles. The number of nitrogens with one attached hydrogen (secondary N) is 2. The summed E-state index contributed by atoms with van der Waals surface area (Å²) in [7, 11) is 9.63. The number of likely N-dealkylation sites (tertiary alicyclic amines) is 1. The van der Waals surface area contributed by atoms with E-state index in [1.807, 2.05) is 60.5 Å². The van der Waals surface area contributed by atoms with Crippen LogP contribution < -0.4 is 16.4 Å². The Hall–Kier alpha value is -2.81. The fourth-order valence-electron chi connectivity index (χ4n) is 7.23. The number of hydrogen-bond donors (Lipinski definition) is 3. The molecule has 1 aliphatic rings. The van der Waals surface area contributed by atoms with Crippen LogP contribution in [0.1, 0.15) is 81.1 Å². The van der Waals surface area contributed by atoms with E-state index in [9.17, 15) is 24.0 Å². The van der Waals surface area contributed by atoms with Gasteiger partial charge in [0.1, 0.15) is 12.1 Å². The largest absolute Gasteiger partial charge is 0.467 e. The second kappa shape index (κ2) is 20.9. The molecule has 4 amide bonds. The number of carbonyl (C=O) groups excluding carboxylic acids is 5. The number of nitrogens with two attached hydrogens (primary N) is 1. The summed E-state index contributed by atoms with van der Waals surface area (Å²) in [6.07, 6.45) is 0.754. The SMILES string of the molecule is CC[C@H](C)[C@@H]([C@@H](CC(=O)N1CCC[C@H]1[C@H](OC)[C@@H](C)C(=O)N[C@H](C(=O)OC)C(C)C)OC)N(C)C(=O)[C@@H](NC(=O)[C@H](C(C)C)N(C)C)[C@H](C)N. The van der Waals surface area contributed by atoms with Crippen LogP contribution in [-0.2, 0) is 38.2 Å². The molecule has 1 rings (SSSR count). The monoisotopic (exact) mass is 713 g/mol. The maximum Gasteiger partial charge on any atom is 0.328 e. The first-order valence-electron chi connectivity index (χ1n) is 18.0. The van der Waals surface area contributed by atoms with E-state index in [1.165, 1.54) is 21.3 Å². The van der Waals surface area contributed by atoms with Crippen molar-refractivity contribution in [2.24, 2.45) is 29.4 Å². The second-order valence-electron chi connectivity index (χ2n) is 14.8. The summed E-state index contributed by atoms with van der Waals surface area (Å²) >= 11 is 0. The summed E-state index contributed by atoms with van der Waals surface area (Å²) in [6, 6.07) is -3.82. The molecule has 1 heterocycles. The Morgan fingerprint density at radius 2 is 1.44 bits per heavy atom. The number of methoxy groups -OCH3 is 3. The molecule has 4 N–H and O–H groups in total. The van der Waals surface area contributed by atoms with Gasteiger partial charge in [0.15, 0.2) is 0 Å². The quantitative estimate of drug-likeness (QED) is 0.158. The highest BCUT2D eigenvalue weighted by Crippen LogP contribution is 2.29. The van der Waals surface area contributed by atoms with Crippen molar-refractivity contribution >= 4 is 29.6 Å². The number of rotatable bonds is 20. The third-order valence-corrected chi connectivity index (χ3v) is 10.2. The van der Waals surface area contributed by atoms with Crippen molar-refractivity contribution in [2.75, 3.05) is 49.0 Å². The van der Waals surface area contributed by atoms with Gasteiger partial charge in [-0.1, -0.05) is 54.9 Å². The van der Waals surface area contributed by atoms with Crippen molar-refractivity contribution in [1.29, 1.82) is 0 Å². The number of amides is 4. The van der Waals surface area contributed by atoms with E-state index >= 15 is 0 Å². The Morgan fingerprint density at radius 3 is 1.88 bits per heavy atom. The van der Waals surface area contributed by atoms with Gasteiger partial charge in [0.25, 0.3) is 0 Å². The zero-order valence-corrected chi connectivity index (χ0v) is 33.1. The highest BCUT2D eigenvalue weighted by atomic mass is 16.5. The van der Waals surface area contributed by atoms with Gasteiger partial charge in [-0.3, -0.25) is 24.1 Å². The maximum atomic E-state index is 14.1. The van der Waals surface area contributed by atoms with Crippen LogP contribution >= 0.6 is 0 Å². The summed E-state index contributed by atoms with van der Waals surface area (Å²) in [5.74, 6) is -2.64. The van der Waals surface area contributed by atoms with E-state index in [2.05, 4.69) is 10.6 Å². The summed E-state index contributed by atoms with van der Waals surface area (Å²) < 4.78 is 16.7. The predicted octanol–water partition coefficient (Wildman–Crippen LogP) is 1.64. The normalized spacial score (nSPS) is 20.4. The molecule has 1 aliphatic heterocycles. The zero-order valence-electron chi connectivity index (χ0n) is 33.1. The lowest BCUT2D eigenvalue weighted by atomic mass is 9.89. The zero-order chi connectivity index (χ0) is 38.6. The number of ether oxygens (including phenoxy) is 3. The van der Waals surface area contributed by atoms with Gasteiger partial charge in [0, 0.05) is 33.9 Å². The standard InChI is InChI=1S/C36H68N6O8/c1-15-22(6)31(41(11)35(46)29(24(8)37)39-34(45)30(21(4)5)40(9)10)26(48-12)19-27(43)42-18-16-17-25(42)32(49-13)23(7)33(44)38-28(20(2)3)36(47)50-14/h20-26,28-32H,15-19,37H2,1-14H3,(H,38,44)(H,39,45)/t22-,23+,24-,25-,26+,28-,29-,30-,31-,32+/m0/s1. The lowest BCUT2D eigenvalue weighted by Crippen LogP contribution is -2.62. The van der Waals surface area contributed by atoms with Crippen LogP contribution in [0.3, 0.4) is 0 Å². The lowest BCUT2D eigenvalue weighted by molar-refractivity contribution is -0.149. The van der Waals surface area contributed by atoms with Crippen molar-refractivity contribution in [3.05, 3.63) is 0 Å². The smallest absolute Gasteiger partial charge is 0.328 e. The van der Waals surface area contributed by atoms with Gasteiger partial charge in [-0.25, -0.2) is 4.79 Å². The first kappa shape index (κ1) is 45.2. The highest BCUT2D eigenvalue weighted by Gasteiger charge is 2.43. The van der Waals surface area contributed by atoms with E-state index in [0.717, 1.165) is 6.42 Å². The van der Waals surface area contributed by atoms with Crippen LogP contribution in [0.25, 0.3) is 0 Å². The van der Waals surface area contributed by atoms with Crippen molar-refractivity contribution in [3.63, 3.8) is 0 Å². The minimum atomic E-state index is -0.985. The van der Waals surface area contributed by atoms with Gasteiger partial charge in [-0.05, 0) is 51.6 Å². The lowest BCUT2D eigenvalue weighted by Gasteiger charge is -2.41. The Labute approximate surface area is 300 Å². The van der Waals surface area contributed by atoms with Gasteiger partial charge in [-0.15, -0.1) is 0 Å². The Morgan fingerprint density at radius 1 is 0.860 bits per heavy atom. The Balaban J connectivity index is 3.29. The first-order valence-corrected chi connectivity index (χ1v) is 18.0.